The Labute approximate surface area is 122 Å². The second kappa shape index (κ2) is 7.96. The van der Waals surface area contributed by atoms with Gasteiger partial charge in [-0.05, 0) is 31.7 Å². The Morgan fingerprint density at radius 3 is 2.75 bits per heavy atom. The Bertz CT molecular complexity index is 309. The van der Waals surface area contributed by atoms with Crippen molar-refractivity contribution in [2.24, 2.45) is 5.92 Å². The van der Waals surface area contributed by atoms with Gasteiger partial charge in [-0.15, -0.1) is 0 Å². The largest absolute Gasteiger partial charge is 0.480 e. The third-order valence-electron chi connectivity index (χ3n) is 4.11. The summed E-state index contributed by atoms with van der Waals surface area (Å²) in [7, 11) is 1.71. The maximum Gasteiger partial charge on any atom is 0.323 e. The normalized spacial score (nSPS) is 26.6. The van der Waals surface area contributed by atoms with E-state index in [1.165, 1.54) is 0 Å². The topological polar surface area (TPSA) is 61.8 Å². The zero-order valence-corrected chi connectivity index (χ0v) is 13.3. The van der Waals surface area contributed by atoms with Crippen molar-refractivity contribution in [2.75, 3.05) is 33.4 Å². The molecular formula is C15H30N2O3. The number of nitrogens with zero attached hydrogens (tertiary/aromatic N) is 1. The molecule has 0 heterocycles. The van der Waals surface area contributed by atoms with Crippen LogP contribution in [0.25, 0.3) is 0 Å². The highest BCUT2D eigenvalue weighted by molar-refractivity contribution is 5.79. The van der Waals surface area contributed by atoms with Crippen LogP contribution in [0, 0.1) is 5.92 Å². The van der Waals surface area contributed by atoms with E-state index in [1.807, 2.05) is 6.92 Å². The summed E-state index contributed by atoms with van der Waals surface area (Å²) < 4.78 is 5.19. The van der Waals surface area contributed by atoms with Gasteiger partial charge >= 0.3 is 5.97 Å². The second-order valence-electron chi connectivity index (χ2n) is 6.20. The standard InChI is InChI=1S/C15H30N2O3/c1-5-16-15(14(18)19)7-6-13(10-15)17(8-9-20-4)11-12(2)3/h12-13,16H,5-11H2,1-4H3,(H,18,19). The molecule has 2 atom stereocenters. The number of ether oxygens (including phenoxy) is 1. The number of methoxy groups -OCH3 is 1. The summed E-state index contributed by atoms with van der Waals surface area (Å²) in [5, 5.41) is 12.7. The van der Waals surface area contributed by atoms with Crippen molar-refractivity contribution in [3.05, 3.63) is 0 Å². The molecule has 0 saturated heterocycles. The van der Waals surface area contributed by atoms with E-state index in [-0.39, 0.29) is 0 Å². The summed E-state index contributed by atoms with van der Waals surface area (Å²) in [4.78, 5) is 14.0. The molecule has 0 aromatic rings. The van der Waals surface area contributed by atoms with Gasteiger partial charge in [0.2, 0.25) is 0 Å². The van der Waals surface area contributed by atoms with E-state index in [2.05, 4.69) is 24.1 Å². The zero-order chi connectivity index (χ0) is 15.2. The molecule has 20 heavy (non-hydrogen) atoms. The molecule has 0 aromatic heterocycles. The molecule has 0 aromatic carbocycles. The van der Waals surface area contributed by atoms with E-state index in [0.717, 1.165) is 19.5 Å². The Hall–Kier alpha value is -0.650. The summed E-state index contributed by atoms with van der Waals surface area (Å²) in [5.41, 5.74) is -0.734. The summed E-state index contributed by atoms with van der Waals surface area (Å²) in [6.07, 6.45) is 2.34. The summed E-state index contributed by atoms with van der Waals surface area (Å²) in [6.45, 7) is 9.63. The molecule has 1 rings (SSSR count). The molecule has 5 heteroatoms. The molecule has 2 unspecified atom stereocenters. The zero-order valence-electron chi connectivity index (χ0n) is 13.3. The van der Waals surface area contributed by atoms with Crippen LogP contribution in [0.1, 0.15) is 40.0 Å². The number of carboxylic acid groups (broad SMARTS) is 1. The van der Waals surface area contributed by atoms with Gasteiger partial charge in [0.1, 0.15) is 5.54 Å². The molecule has 0 spiro atoms. The van der Waals surface area contributed by atoms with Crippen LogP contribution in [-0.4, -0.2) is 60.9 Å². The minimum Gasteiger partial charge on any atom is -0.480 e. The quantitative estimate of drug-likeness (QED) is 0.674. The Morgan fingerprint density at radius 1 is 1.55 bits per heavy atom. The van der Waals surface area contributed by atoms with Crippen LogP contribution < -0.4 is 5.32 Å². The van der Waals surface area contributed by atoms with Crippen LogP contribution in [0.4, 0.5) is 0 Å². The predicted molar refractivity (Wildman–Crippen MR) is 80.0 cm³/mol. The van der Waals surface area contributed by atoms with Gasteiger partial charge in [0.25, 0.3) is 0 Å². The molecule has 0 bridgehead atoms. The van der Waals surface area contributed by atoms with Crippen molar-refractivity contribution in [2.45, 2.75) is 51.6 Å². The first-order valence-corrected chi connectivity index (χ1v) is 7.66. The Kier molecular flexibility index (Phi) is 6.92. The highest BCUT2D eigenvalue weighted by Crippen LogP contribution is 2.33. The fraction of sp³-hybridized carbons (Fsp3) is 0.933. The molecule has 1 aliphatic rings. The van der Waals surface area contributed by atoms with E-state index >= 15 is 0 Å². The SMILES string of the molecule is CCNC1(C(=O)O)CCC(N(CCOC)CC(C)C)C1. The van der Waals surface area contributed by atoms with Gasteiger partial charge in [-0.1, -0.05) is 20.8 Å². The van der Waals surface area contributed by atoms with Crippen molar-refractivity contribution < 1.29 is 14.6 Å². The van der Waals surface area contributed by atoms with Crippen molar-refractivity contribution in [3.8, 4) is 0 Å². The maximum atomic E-state index is 11.6. The van der Waals surface area contributed by atoms with Crippen LogP contribution in [0.15, 0.2) is 0 Å². The molecular weight excluding hydrogens is 256 g/mol. The highest BCUT2D eigenvalue weighted by Gasteiger charge is 2.46. The Balaban J connectivity index is 2.71. The van der Waals surface area contributed by atoms with E-state index < -0.39 is 11.5 Å². The lowest BCUT2D eigenvalue weighted by atomic mass is 9.97. The first kappa shape index (κ1) is 17.4. The van der Waals surface area contributed by atoms with Gasteiger partial charge < -0.3 is 15.2 Å². The number of aliphatic carboxylic acids is 1. The van der Waals surface area contributed by atoms with Crippen LogP contribution in [0.3, 0.4) is 0 Å². The smallest absolute Gasteiger partial charge is 0.323 e. The number of hydrogen-bond acceptors (Lipinski definition) is 4. The molecule has 1 saturated carbocycles. The minimum atomic E-state index is -0.734. The van der Waals surface area contributed by atoms with E-state index in [4.69, 9.17) is 4.74 Å². The van der Waals surface area contributed by atoms with Crippen LogP contribution in [-0.2, 0) is 9.53 Å². The lowest BCUT2D eigenvalue weighted by molar-refractivity contribution is -0.144. The number of rotatable bonds is 9. The molecule has 0 radical (unpaired) electrons. The number of carboxylic acids is 1. The fourth-order valence-corrected chi connectivity index (χ4v) is 3.20. The van der Waals surface area contributed by atoms with E-state index in [9.17, 15) is 9.90 Å². The predicted octanol–water partition coefficient (Wildman–Crippen LogP) is 1.58. The number of nitrogens with one attached hydrogen (secondary N) is 1. The second-order valence-corrected chi connectivity index (χ2v) is 6.20. The molecule has 1 aliphatic carbocycles. The van der Waals surface area contributed by atoms with Gasteiger partial charge in [-0.25, -0.2) is 0 Å². The van der Waals surface area contributed by atoms with Gasteiger partial charge in [0, 0.05) is 26.2 Å². The highest BCUT2D eigenvalue weighted by atomic mass is 16.5. The molecule has 2 N–H and O–H groups in total. The summed E-state index contributed by atoms with van der Waals surface area (Å²) in [6, 6.07) is 0.336. The van der Waals surface area contributed by atoms with Crippen molar-refractivity contribution in [3.63, 3.8) is 0 Å². The number of likely N-dealkylation sites (N-methyl/N-ethyl adjacent to an activating group) is 1. The Morgan fingerprint density at radius 2 is 2.25 bits per heavy atom. The molecule has 1 fully saturated rings. The maximum absolute atomic E-state index is 11.6. The molecule has 118 valence electrons. The van der Waals surface area contributed by atoms with Crippen molar-refractivity contribution in [1.82, 2.24) is 10.2 Å². The first-order valence-electron chi connectivity index (χ1n) is 7.66. The molecule has 0 aliphatic heterocycles. The monoisotopic (exact) mass is 286 g/mol. The first-order chi connectivity index (χ1) is 9.45. The lowest BCUT2D eigenvalue weighted by Gasteiger charge is -2.32. The van der Waals surface area contributed by atoms with Crippen molar-refractivity contribution >= 4 is 5.97 Å². The van der Waals surface area contributed by atoms with E-state index in [0.29, 0.717) is 38.0 Å². The third kappa shape index (κ3) is 4.43. The van der Waals surface area contributed by atoms with Crippen molar-refractivity contribution in [1.29, 1.82) is 0 Å². The van der Waals surface area contributed by atoms with Crippen LogP contribution in [0.5, 0.6) is 0 Å². The summed E-state index contributed by atoms with van der Waals surface area (Å²) in [5.74, 6) is -0.135. The van der Waals surface area contributed by atoms with Gasteiger partial charge in [-0.3, -0.25) is 9.69 Å². The molecule has 5 nitrogen and oxygen atoms in total. The average Bonchev–Trinajstić information content (AvgIpc) is 2.80. The average molecular weight is 286 g/mol. The summed E-state index contributed by atoms with van der Waals surface area (Å²) >= 11 is 0. The van der Waals surface area contributed by atoms with E-state index in [1.54, 1.807) is 7.11 Å². The minimum absolute atomic E-state index is 0.336. The third-order valence-corrected chi connectivity index (χ3v) is 4.11. The number of carbonyl (C=O) groups is 1. The van der Waals surface area contributed by atoms with Crippen LogP contribution >= 0.6 is 0 Å². The van der Waals surface area contributed by atoms with Crippen LogP contribution in [0.2, 0.25) is 0 Å². The lowest BCUT2D eigenvalue weighted by Crippen LogP contribution is -2.51. The van der Waals surface area contributed by atoms with Gasteiger partial charge in [-0.2, -0.15) is 0 Å². The fourth-order valence-electron chi connectivity index (χ4n) is 3.20. The number of hydrogen-bond donors (Lipinski definition) is 2. The van der Waals surface area contributed by atoms with Gasteiger partial charge in [0.15, 0.2) is 0 Å². The molecule has 0 amide bonds. The van der Waals surface area contributed by atoms with Gasteiger partial charge in [0.05, 0.1) is 6.61 Å².